The Morgan fingerprint density at radius 1 is 1.50 bits per heavy atom. The number of fused-ring (bicyclic) bond motifs is 1. The summed E-state index contributed by atoms with van der Waals surface area (Å²) >= 11 is 0. The SMILES string of the molecule is CCN(C(=O)c1cc(C)nc2c1cnn2C)C1CCOC(C)(C)C1. The first kappa shape index (κ1) is 16.9. The van der Waals surface area contributed by atoms with Crippen LogP contribution in [0.1, 0.15) is 49.7 Å². The molecule has 2 aromatic heterocycles. The molecule has 130 valence electrons. The topological polar surface area (TPSA) is 60.2 Å². The lowest BCUT2D eigenvalue weighted by molar-refractivity contribution is -0.0777. The summed E-state index contributed by atoms with van der Waals surface area (Å²) in [6, 6.07) is 2.07. The zero-order chi connectivity index (χ0) is 17.5. The molecule has 3 rings (SSSR count). The smallest absolute Gasteiger partial charge is 0.254 e. The van der Waals surface area contributed by atoms with E-state index in [9.17, 15) is 4.79 Å². The van der Waals surface area contributed by atoms with Crippen LogP contribution in [-0.2, 0) is 11.8 Å². The largest absolute Gasteiger partial charge is 0.375 e. The van der Waals surface area contributed by atoms with Crippen molar-refractivity contribution < 1.29 is 9.53 Å². The van der Waals surface area contributed by atoms with E-state index >= 15 is 0 Å². The Bertz CT molecular complexity index is 766. The third-order valence-electron chi connectivity index (χ3n) is 4.78. The minimum atomic E-state index is -0.186. The van der Waals surface area contributed by atoms with E-state index in [2.05, 4.69) is 23.9 Å². The van der Waals surface area contributed by atoms with E-state index in [1.807, 2.05) is 31.9 Å². The van der Waals surface area contributed by atoms with E-state index < -0.39 is 0 Å². The highest BCUT2D eigenvalue weighted by molar-refractivity contribution is 6.05. The van der Waals surface area contributed by atoms with Crippen LogP contribution in [0.5, 0.6) is 0 Å². The van der Waals surface area contributed by atoms with E-state index in [1.165, 1.54) is 0 Å². The summed E-state index contributed by atoms with van der Waals surface area (Å²) in [5, 5.41) is 5.08. The maximum atomic E-state index is 13.3. The third-order valence-corrected chi connectivity index (χ3v) is 4.78. The van der Waals surface area contributed by atoms with Crippen molar-refractivity contribution in [2.24, 2.45) is 7.05 Å². The number of hydrogen-bond acceptors (Lipinski definition) is 4. The number of aromatic nitrogens is 3. The average Bonchev–Trinajstić information content (AvgIpc) is 2.87. The highest BCUT2D eigenvalue weighted by Gasteiger charge is 2.34. The predicted molar refractivity (Wildman–Crippen MR) is 93.0 cm³/mol. The van der Waals surface area contributed by atoms with Crippen molar-refractivity contribution in [2.45, 2.75) is 52.2 Å². The van der Waals surface area contributed by atoms with Crippen molar-refractivity contribution in [3.8, 4) is 0 Å². The Morgan fingerprint density at radius 3 is 2.92 bits per heavy atom. The second-order valence-corrected chi connectivity index (χ2v) is 7.16. The number of hydrogen-bond donors (Lipinski definition) is 0. The van der Waals surface area contributed by atoms with Gasteiger partial charge in [0.15, 0.2) is 5.65 Å². The van der Waals surface area contributed by atoms with Gasteiger partial charge in [0, 0.05) is 31.9 Å². The quantitative estimate of drug-likeness (QED) is 0.868. The van der Waals surface area contributed by atoms with Gasteiger partial charge in [-0.2, -0.15) is 5.10 Å². The molecule has 1 atom stereocenters. The molecule has 6 nitrogen and oxygen atoms in total. The van der Waals surface area contributed by atoms with Gasteiger partial charge in [-0.3, -0.25) is 9.48 Å². The first-order valence-corrected chi connectivity index (χ1v) is 8.56. The van der Waals surface area contributed by atoms with Gasteiger partial charge < -0.3 is 9.64 Å². The van der Waals surface area contributed by atoms with E-state index in [0.29, 0.717) is 18.7 Å². The molecule has 0 bridgehead atoms. The molecule has 1 fully saturated rings. The molecule has 24 heavy (non-hydrogen) atoms. The summed E-state index contributed by atoms with van der Waals surface area (Å²) in [6.07, 6.45) is 3.47. The number of pyridine rings is 1. The van der Waals surface area contributed by atoms with Crippen LogP contribution < -0.4 is 0 Å². The lowest BCUT2D eigenvalue weighted by Crippen LogP contribution is -2.48. The fraction of sp³-hybridized carbons (Fsp3) is 0.611. The van der Waals surface area contributed by atoms with Gasteiger partial charge in [0.1, 0.15) is 0 Å². The standard InChI is InChI=1S/C18H26N4O2/c1-6-22(13-7-8-24-18(3,4)10-13)17(23)14-9-12(2)20-16-15(14)11-19-21(16)5/h9,11,13H,6-8,10H2,1-5H3. The Kier molecular flexibility index (Phi) is 4.34. The Balaban J connectivity index is 1.98. The minimum Gasteiger partial charge on any atom is -0.375 e. The number of amides is 1. The number of ether oxygens (including phenoxy) is 1. The van der Waals surface area contributed by atoms with Gasteiger partial charge in [-0.15, -0.1) is 0 Å². The third kappa shape index (κ3) is 3.02. The molecular weight excluding hydrogens is 304 g/mol. The lowest BCUT2D eigenvalue weighted by Gasteiger charge is -2.41. The van der Waals surface area contributed by atoms with Crippen molar-refractivity contribution in [2.75, 3.05) is 13.2 Å². The molecule has 0 aromatic carbocycles. The number of rotatable bonds is 3. The van der Waals surface area contributed by atoms with E-state index in [1.54, 1.807) is 10.9 Å². The maximum Gasteiger partial charge on any atom is 0.254 e. The van der Waals surface area contributed by atoms with Gasteiger partial charge >= 0.3 is 0 Å². The molecule has 0 saturated carbocycles. The van der Waals surface area contributed by atoms with Gasteiger partial charge in [0.2, 0.25) is 0 Å². The molecule has 0 aliphatic carbocycles. The molecule has 6 heteroatoms. The van der Waals surface area contributed by atoms with Crippen molar-refractivity contribution in [1.82, 2.24) is 19.7 Å². The number of nitrogens with zero attached hydrogens (tertiary/aromatic N) is 4. The molecular formula is C18H26N4O2. The first-order chi connectivity index (χ1) is 11.3. The Hall–Kier alpha value is -1.95. The van der Waals surface area contributed by atoms with Crippen LogP contribution in [0.25, 0.3) is 11.0 Å². The van der Waals surface area contributed by atoms with Crippen molar-refractivity contribution >= 4 is 16.9 Å². The van der Waals surface area contributed by atoms with Crippen LogP contribution in [0.15, 0.2) is 12.3 Å². The summed E-state index contributed by atoms with van der Waals surface area (Å²) in [6.45, 7) is 9.51. The van der Waals surface area contributed by atoms with E-state index in [-0.39, 0.29) is 17.6 Å². The molecule has 1 unspecified atom stereocenters. The monoisotopic (exact) mass is 330 g/mol. The number of carbonyl (C=O) groups excluding carboxylic acids is 1. The van der Waals surface area contributed by atoms with Crippen LogP contribution in [-0.4, -0.2) is 50.4 Å². The van der Waals surface area contributed by atoms with Crippen molar-refractivity contribution in [1.29, 1.82) is 0 Å². The van der Waals surface area contributed by atoms with Crippen LogP contribution in [0.3, 0.4) is 0 Å². The van der Waals surface area contributed by atoms with Crippen molar-refractivity contribution in [3.63, 3.8) is 0 Å². The van der Waals surface area contributed by atoms with E-state index in [4.69, 9.17) is 4.74 Å². The summed E-state index contributed by atoms with van der Waals surface area (Å²) in [4.78, 5) is 19.8. The Labute approximate surface area is 142 Å². The molecule has 1 aliphatic rings. The summed E-state index contributed by atoms with van der Waals surface area (Å²) in [5.41, 5.74) is 2.09. The molecule has 3 heterocycles. The number of aryl methyl sites for hydroxylation is 2. The maximum absolute atomic E-state index is 13.3. The van der Waals surface area contributed by atoms with Crippen LogP contribution in [0.2, 0.25) is 0 Å². The highest BCUT2D eigenvalue weighted by atomic mass is 16.5. The zero-order valence-corrected chi connectivity index (χ0v) is 15.2. The van der Waals surface area contributed by atoms with Crippen LogP contribution in [0, 0.1) is 6.92 Å². The lowest BCUT2D eigenvalue weighted by atomic mass is 9.92. The second-order valence-electron chi connectivity index (χ2n) is 7.16. The summed E-state index contributed by atoms with van der Waals surface area (Å²) < 4.78 is 7.52. The molecule has 0 spiro atoms. The average molecular weight is 330 g/mol. The van der Waals surface area contributed by atoms with Crippen LogP contribution >= 0.6 is 0 Å². The van der Waals surface area contributed by atoms with E-state index in [0.717, 1.165) is 29.6 Å². The molecule has 1 aliphatic heterocycles. The molecule has 0 radical (unpaired) electrons. The van der Waals surface area contributed by atoms with Gasteiger partial charge in [-0.05, 0) is 46.6 Å². The normalized spacial score (nSPS) is 20.3. The van der Waals surface area contributed by atoms with Gasteiger partial charge in [0.05, 0.1) is 22.7 Å². The predicted octanol–water partition coefficient (Wildman–Crippen LogP) is 2.70. The molecule has 0 N–H and O–H groups in total. The molecule has 2 aromatic rings. The van der Waals surface area contributed by atoms with Gasteiger partial charge in [-0.1, -0.05) is 0 Å². The number of carbonyl (C=O) groups is 1. The molecule has 1 amide bonds. The summed E-state index contributed by atoms with van der Waals surface area (Å²) in [5.74, 6) is 0.0590. The fourth-order valence-corrected chi connectivity index (χ4v) is 3.60. The summed E-state index contributed by atoms with van der Waals surface area (Å²) in [7, 11) is 1.85. The zero-order valence-electron chi connectivity index (χ0n) is 15.2. The minimum absolute atomic E-state index is 0.0590. The van der Waals surface area contributed by atoms with Gasteiger partial charge in [0.25, 0.3) is 5.91 Å². The Morgan fingerprint density at radius 2 is 2.25 bits per heavy atom. The van der Waals surface area contributed by atoms with Crippen molar-refractivity contribution in [3.05, 3.63) is 23.5 Å². The van der Waals surface area contributed by atoms with Gasteiger partial charge in [-0.25, -0.2) is 4.98 Å². The fourth-order valence-electron chi connectivity index (χ4n) is 3.60. The first-order valence-electron chi connectivity index (χ1n) is 8.56. The molecule has 1 saturated heterocycles. The second kappa shape index (κ2) is 6.16. The van der Waals surface area contributed by atoms with Crippen LogP contribution in [0.4, 0.5) is 0 Å². The highest BCUT2D eigenvalue weighted by Crippen LogP contribution is 2.29.